The number of hydrogen-bond acceptors (Lipinski definition) is 3. The van der Waals surface area contributed by atoms with E-state index in [1.807, 2.05) is 30.7 Å². The van der Waals surface area contributed by atoms with Crippen molar-refractivity contribution in [2.75, 3.05) is 18.2 Å². The zero-order chi connectivity index (χ0) is 7.23. The molecule has 0 aromatic heterocycles. The van der Waals surface area contributed by atoms with Gasteiger partial charge in [0.1, 0.15) is 0 Å². The maximum absolute atomic E-state index is 3.98. The smallest absolute Gasteiger partial charge is 0.0933 e. The van der Waals surface area contributed by atoms with E-state index in [2.05, 4.69) is 16.5 Å². The van der Waals surface area contributed by atoms with Crippen molar-refractivity contribution in [3.05, 3.63) is 19.2 Å². The van der Waals surface area contributed by atoms with Crippen LogP contribution in [0.3, 0.4) is 0 Å². The van der Waals surface area contributed by atoms with E-state index in [4.69, 9.17) is 0 Å². The predicted molar refractivity (Wildman–Crippen MR) is 47.0 cm³/mol. The molecule has 55 valence electrons. The summed E-state index contributed by atoms with van der Waals surface area (Å²) >= 11 is 1.85. The van der Waals surface area contributed by atoms with Gasteiger partial charge < -0.3 is 4.90 Å². The van der Waals surface area contributed by atoms with Crippen LogP contribution in [0.15, 0.2) is 17.6 Å². The number of nitrogens with zero attached hydrogens (tertiary/aromatic N) is 2. The van der Waals surface area contributed by atoms with Crippen molar-refractivity contribution >= 4 is 18.1 Å². The van der Waals surface area contributed by atoms with Crippen LogP contribution >= 0.6 is 11.8 Å². The molecule has 1 heterocycles. The Bertz CT molecular complexity index is 134. The van der Waals surface area contributed by atoms with Gasteiger partial charge >= 0.3 is 0 Å². The van der Waals surface area contributed by atoms with Crippen LogP contribution in [0.5, 0.6) is 0 Å². The fourth-order valence-corrected chi connectivity index (χ4v) is 1.36. The minimum Gasteiger partial charge on any atom is -0.351 e. The Hall–Kier alpha value is -0.440. The van der Waals surface area contributed by atoms with Crippen LogP contribution in [0.4, 0.5) is 0 Å². The Balaban J connectivity index is 2.02. The van der Waals surface area contributed by atoms with Gasteiger partial charge in [0.15, 0.2) is 0 Å². The number of aliphatic imine (C=N–C) groups is 1. The van der Waals surface area contributed by atoms with Crippen molar-refractivity contribution in [2.45, 2.75) is 0 Å². The summed E-state index contributed by atoms with van der Waals surface area (Å²) in [6, 6.07) is 0. The van der Waals surface area contributed by atoms with Crippen LogP contribution in [0.2, 0.25) is 0 Å². The van der Waals surface area contributed by atoms with Gasteiger partial charge in [0.2, 0.25) is 0 Å². The van der Waals surface area contributed by atoms with Crippen molar-refractivity contribution in [3.8, 4) is 0 Å². The molecule has 0 saturated heterocycles. The summed E-state index contributed by atoms with van der Waals surface area (Å²) in [6.07, 6.45) is 3.79. The summed E-state index contributed by atoms with van der Waals surface area (Å²) in [5.74, 6) is 2.04. The molecule has 0 amide bonds. The minimum absolute atomic E-state index is 0.962. The van der Waals surface area contributed by atoms with Crippen molar-refractivity contribution in [2.24, 2.45) is 4.99 Å². The highest BCUT2D eigenvalue weighted by molar-refractivity contribution is 7.99. The van der Waals surface area contributed by atoms with E-state index in [0.717, 1.165) is 18.2 Å². The van der Waals surface area contributed by atoms with Crippen molar-refractivity contribution < 1.29 is 0 Å². The first-order valence-electron chi connectivity index (χ1n) is 3.21. The zero-order valence-corrected chi connectivity index (χ0v) is 6.68. The summed E-state index contributed by atoms with van der Waals surface area (Å²) in [7, 11) is 0. The Morgan fingerprint density at radius 2 is 2.70 bits per heavy atom. The third kappa shape index (κ3) is 2.43. The van der Waals surface area contributed by atoms with Crippen LogP contribution in [0, 0.1) is 6.54 Å². The first kappa shape index (κ1) is 7.66. The molecule has 3 heteroatoms. The van der Waals surface area contributed by atoms with E-state index in [1.165, 1.54) is 0 Å². The second kappa shape index (κ2) is 4.39. The van der Waals surface area contributed by atoms with Crippen LogP contribution in [0.25, 0.3) is 0 Å². The molecule has 0 unspecified atom stereocenters. The fraction of sp³-hybridized carbons (Fsp3) is 0.429. The normalized spacial score (nSPS) is 16.2. The molecule has 0 bridgehead atoms. The standard InChI is InChI=1S/C7H11N2S/c1-2-5-10-7-9-4-3-8-6-9/h2-3,6H,1,4-5,7H2. The molecular weight excluding hydrogens is 144 g/mol. The molecule has 0 spiro atoms. The largest absolute Gasteiger partial charge is 0.351 e. The lowest BCUT2D eigenvalue weighted by Gasteiger charge is -2.10. The molecule has 0 aromatic rings. The van der Waals surface area contributed by atoms with Gasteiger partial charge in [-0.05, 0) is 0 Å². The summed E-state index contributed by atoms with van der Waals surface area (Å²) in [5.41, 5.74) is 0. The van der Waals surface area contributed by atoms with Crippen molar-refractivity contribution in [1.29, 1.82) is 0 Å². The second-order valence-electron chi connectivity index (χ2n) is 2.01. The molecule has 10 heavy (non-hydrogen) atoms. The highest BCUT2D eigenvalue weighted by Crippen LogP contribution is 2.06. The lowest BCUT2D eigenvalue weighted by Crippen LogP contribution is -2.17. The molecular formula is C7H11N2S. The first-order valence-corrected chi connectivity index (χ1v) is 4.36. The van der Waals surface area contributed by atoms with Gasteiger partial charge in [0.25, 0.3) is 0 Å². The Labute approximate surface area is 66.0 Å². The zero-order valence-electron chi connectivity index (χ0n) is 5.86. The summed E-state index contributed by atoms with van der Waals surface area (Å²) in [5, 5.41) is 0. The third-order valence-corrected chi connectivity index (χ3v) is 2.13. The summed E-state index contributed by atoms with van der Waals surface area (Å²) in [4.78, 5) is 6.14. The lowest BCUT2D eigenvalue weighted by molar-refractivity contribution is 0.568. The summed E-state index contributed by atoms with van der Waals surface area (Å²) < 4.78 is 0. The summed E-state index contributed by atoms with van der Waals surface area (Å²) in [6.45, 7) is 6.52. The van der Waals surface area contributed by atoms with Crippen molar-refractivity contribution in [1.82, 2.24) is 4.90 Å². The van der Waals surface area contributed by atoms with E-state index in [1.54, 1.807) is 0 Å². The van der Waals surface area contributed by atoms with E-state index in [-0.39, 0.29) is 0 Å². The molecule has 1 rings (SSSR count). The molecule has 0 atom stereocenters. The van der Waals surface area contributed by atoms with Crippen LogP contribution in [-0.2, 0) is 0 Å². The molecule has 0 N–H and O–H groups in total. The number of thioether (sulfide) groups is 1. The topological polar surface area (TPSA) is 15.6 Å². The molecule has 0 aliphatic carbocycles. The van der Waals surface area contributed by atoms with Gasteiger partial charge in [-0.15, -0.1) is 18.3 Å². The molecule has 1 aliphatic rings. The lowest BCUT2D eigenvalue weighted by atomic mass is 10.6. The number of hydrogen-bond donors (Lipinski definition) is 0. The Morgan fingerprint density at radius 1 is 1.80 bits per heavy atom. The van der Waals surface area contributed by atoms with Gasteiger partial charge in [0, 0.05) is 12.3 Å². The van der Waals surface area contributed by atoms with Crippen LogP contribution < -0.4 is 0 Å². The van der Waals surface area contributed by atoms with Crippen LogP contribution in [0.1, 0.15) is 0 Å². The molecule has 0 fully saturated rings. The molecule has 2 nitrogen and oxygen atoms in total. The molecule has 0 saturated carbocycles. The molecule has 1 aliphatic heterocycles. The highest BCUT2D eigenvalue weighted by atomic mass is 32.2. The third-order valence-electron chi connectivity index (χ3n) is 1.14. The predicted octanol–water partition coefficient (Wildman–Crippen LogP) is 1.37. The Morgan fingerprint density at radius 3 is 3.30 bits per heavy atom. The highest BCUT2D eigenvalue weighted by Gasteiger charge is 2.03. The van der Waals surface area contributed by atoms with Crippen molar-refractivity contribution in [3.63, 3.8) is 0 Å². The monoisotopic (exact) mass is 155 g/mol. The maximum Gasteiger partial charge on any atom is 0.0933 e. The minimum atomic E-state index is 0.962. The SMILES string of the molecule is C=CCSCN1C=N[CH]C1. The van der Waals surface area contributed by atoms with E-state index in [0.29, 0.717) is 0 Å². The fourth-order valence-electron chi connectivity index (χ4n) is 0.680. The maximum atomic E-state index is 3.98. The first-order chi connectivity index (χ1) is 4.93. The van der Waals surface area contributed by atoms with Crippen LogP contribution in [-0.4, -0.2) is 29.4 Å². The second-order valence-corrected chi connectivity index (χ2v) is 3.01. The Kier molecular flexibility index (Phi) is 3.36. The molecule has 0 aromatic carbocycles. The van der Waals surface area contributed by atoms with E-state index >= 15 is 0 Å². The van der Waals surface area contributed by atoms with Gasteiger partial charge in [-0.1, -0.05) is 6.08 Å². The van der Waals surface area contributed by atoms with Gasteiger partial charge in [-0.3, -0.25) is 4.99 Å². The van der Waals surface area contributed by atoms with Gasteiger partial charge in [-0.2, -0.15) is 0 Å². The van der Waals surface area contributed by atoms with E-state index < -0.39 is 0 Å². The average molecular weight is 155 g/mol. The molecule has 1 radical (unpaired) electrons. The van der Waals surface area contributed by atoms with E-state index in [9.17, 15) is 0 Å². The number of rotatable bonds is 4. The van der Waals surface area contributed by atoms with Gasteiger partial charge in [0.05, 0.1) is 18.8 Å². The van der Waals surface area contributed by atoms with Gasteiger partial charge in [-0.25, -0.2) is 0 Å². The quantitative estimate of drug-likeness (QED) is 0.450. The average Bonchev–Trinajstić information content (AvgIpc) is 2.41.